The first kappa shape index (κ1) is 19.2. The van der Waals surface area contributed by atoms with Crippen molar-refractivity contribution in [1.29, 1.82) is 0 Å². The number of amides is 1. The highest BCUT2D eigenvalue weighted by molar-refractivity contribution is 6.30. The van der Waals surface area contributed by atoms with Gasteiger partial charge < -0.3 is 14.5 Å². The summed E-state index contributed by atoms with van der Waals surface area (Å²) in [6.07, 6.45) is 1.58. The lowest BCUT2D eigenvalue weighted by molar-refractivity contribution is 0.0746. The average molecular weight is 409 g/mol. The topological polar surface area (TPSA) is 58.6 Å². The van der Waals surface area contributed by atoms with Crippen LogP contribution in [0.2, 0.25) is 5.02 Å². The van der Waals surface area contributed by atoms with Crippen LogP contribution in [0.4, 0.5) is 5.82 Å². The van der Waals surface area contributed by atoms with Gasteiger partial charge in [-0.2, -0.15) is 0 Å². The van der Waals surface area contributed by atoms with E-state index in [1.807, 2.05) is 35.2 Å². The molecule has 0 aliphatic carbocycles. The van der Waals surface area contributed by atoms with Crippen molar-refractivity contribution in [3.8, 4) is 17.0 Å². The minimum Gasteiger partial charge on any atom is -0.497 e. The number of hydrogen-bond acceptors (Lipinski definition) is 5. The van der Waals surface area contributed by atoms with Crippen molar-refractivity contribution in [3.63, 3.8) is 0 Å². The smallest absolute Gasteiger partial charge is 0.254 e. The maximum Gasteiger partial charge on any atom is 0.254 e. The van der Waals surface area contributed by atoms with Gasteiger partial charge in [0.25, 0.3) is 5.91 Å². The third-order valence-corrected chi connectivity index (χ3v) is 5.24. The van der Waals surface area contributed by atoms with E-state index in [-0.39, 0.29) is 5.91 Å². The number of ether oxygens (including phenoxy) is 1. The molecule has 29 heavy (non-hydrogen) atoms. The van der Waals surface area contributed by atoms with E-state index in [0.29, 0.717) is 36.8 Å². The zero-order chi connectivity index (χ0) is 20.2. The van der Waals surface area contributed by atoms with Crippen LogP contribution < -0.4 is 9.64 Å². The van der Waals surface area contributed by atoms with E-state index in [2.05, 4.69) is 14.9 Å². The number of nitrogens with zero attached hydrogens (tertiary/aromatic N) is 4. The second kappa shape index (κ2) is 8.49. The lowest BCUT2D eigenvalue weighted by Crippen LogP contribution is -2.49. The number of rotatable bonds is 4. The first-order valence-electron chi connectivity index (χ1n) is 9.40. The number of piperazine rings is 1. The Morgan fingerprint density at radius 2 is 1.76 bits per heavy atom. The quantitative estimate of drug-likeness (QED) is 0.657. The Morgan fingerprint density at radius 1 is 1.00 bits per heavy atom. The van der Waals surface area contributed by atoms with Crippen LogP contribution in [-0.4, -0.2) is 54.1 Å². The van der Waals surface area contributed by atoms with Crippen LogP contribution in [0.25, 0.3) is 11.3 Å². The van der Waals surface area contributed by atoms with Gasteiger partial charge in [-0.3, -0.25) is 4.79 Å². The standard InChI is InChI=1S/C22H21ClN4O2/c1-29-19-7-5-16(6-8-19)20-14-21(25-15-24-20)26-9-11-27(12-10-26)22(28)17-3-2-4-18(23)13-17/h2-8,13-15H,9-12H2,1H3. The molecule has 0 atom stereocenters. The molecule has 0 N–H and O–H groups in total. The van der Waals surface area contributed by atoms with E-state index in [4.69, 9.17) is 16.3 Å². The molecule has 1 aromatic heterocycles. The van der Waals surface area contributed by atoms with Crippen LogP contribution in [0.1, 0.15) is 10.4 Å². The van der Waals surface area contributed by atoms with Crippen LogP contribution in [0, 0.1) is 0 Å². The van der Waals surface area contributed by atoms with Crippen LogP contribution in [-0.2, 0) is 0 Å². The molecule has 6 nitrogen and oxygen atoms in total. The summed E-state index contributed by atoms with van der Waals surface area (Å²) in [5, 5.41) is 0.571. The summed E-state index contributed by atoms with van der Waals surface area (Å²) in [5.41, 5.74) is 2.48. The maximum absolute atomic E-state index is 12.7. The van der Waals surface area contributed by atoms with Crippen molar-refractivity contribution in [2.75, 3.05) is 38.2 Å². The maximum atomic E-state index is 12.7. The first-order valence-corrected chi connectivity index (χ1v) is 9.78. The van der Waals surface area contributed by atoms with Gasteiger partial charge in [0.1, 0.15) is 17.9 Å². The normalized spacial score (nSPS) is 14.0. The Hall–Kier alpha value is -3.12. The average Bonchev–Trinajstić information content (AvgIpc) is 2.79. The molecule has 1 aliphatic heterocycles. The SMILES string of the molecule is COc1ccc(-c2cc(N3CCN(C(=O)c4cccc(Cl)c4)CC3)ncn2)cc1. The third kappa shape index (κ3) is 4.32. The largest absolute Gasteiger partial charge is 0.497 e. The third-order valence-electron chi connectivity index (χ3n) is 5.00. The summed E-state index contributed by atoms with van der Waals surface area (Å²) in [5.74, 6) is 1.68. The van der Waals surface area contributed by atoms with Gasteiger partial charge in [0, 0.05) is 48.4 Å². The van der Waals surface area contributed by atoms with E-state index in [1.165, 1.54) is 0 Å². The summed E-state index contributed by atoms with van der Waals surface area (Å²) in [6.45, 7) is 2.69. The fourth-order valence-electron chi connectivity index (χ4n) is 3.38. The molecule has 0 saturated carbocycles. The summed E-state index contributed by atoms with van der Waals surface area (Å²) in [7, 11) is 1.65. The van der Waals surface area contributed by atoms with E-state index < -0.39 is 0 Å². The Labute approximate surface area is 174 Å². The molecule has 0 spiro atoms. The van der Waals surface area contributed by atoms with Gasteiger partial charge in [-0.05, 0) is 42.5 Å². The molecular formula is C22H21ClN4O2. The number of hydrogen-bond donors (Lipinski definition) is 0. The number of methoxy groups -OCH3 is 1. The van der Waals surface area contributed by atoms with Gasteiger partial charge in [0.05, 0.1) is 12.8 Å². The molecule has 1 amide bonds. The predicted octanol–water partition coefficient (Wildman–Crippen LogP) is 3.77. The molecular weight excluding hydrogens is 388 g/mol. The Balaban J connectivity index is 1.44. The lowest BCUT2D eigenvalue weighted by Gasteiger charge is -2.35. The minimum absolute atomic E-state index is 0.00811. The van der Waals surface area contributed by atoms with E-state index in [9.17, 15) is 4.79 Å². The Morgan fingerprint density at radius 3 is 2.45 bits per heavy atom. The van der Waals surface area contributed by atoms with Crippen LogP contribution in [0.3, 0.4) is 0 Å². The Bertz CT molecular complexity index is 1000. The summed E-state index contributed by atoms with van der Waals surface area (Å²) in [6, 6.07) is 16.8. The van der Waals surface area contributed by atoms with Gasteiger partial charge in [-0.25, -0.2) is 9.97 Å². The molecule has 0 bridgehead atoms. The van der Waals surface area contributed by atoms with Crippen LogP contribution in [0.5, 0.6) is 5.75 Å². The van der Waals surface area contributed by atoms with E-state index in [1.54, 1.807) is 37.7 Å². The summed E-state index contributed by atoms with van der Waals surface area (Å²) in [4.78, 5) is 25.6. The van der Waals surface area contributed by atoms with Crippen molar-refractivity contribution < 1.29 is 9.53 Å². The van der Waals surface area contributed by atoms with Gasteiger partial charge in [0.2, 0.25) is 0 Å². The number of benzene rings is 2. The molecule has 4 rings (SSSR count). The molecule has 148 valence electrons. The molecule has 7 heteroatoms. The fraction of sp³-hybridized carbons (Fsp3) is 0.227. The fourth-order valence-corrected chi connectivity index (χ4v) is 3.57. The molecule has 1 saturated heterocycles. The zero-order valence-corrected chi connectivity index (χ0v) is 16.8. The van der Waals surface area contributed by atoms with Crippen LogP contribution >= 0.6 is 11.6 Å². The molecule has 3 aromatic rings. The number of carbonyl (C=O) groups is 1. The molecule has 1 fully saturated rings. The monoisotopic (exact) mass is 408 g/mol. The van der Waals surface area contributed by atoms with Gasteiger partial charge in [-0.15, -0.1) is 0 Å². The highest BCUT2D eigenvalue weighted by atomic mass is 35.5. The number of aromatic nitrogens is 2. The highest BCUT2D eigenvalue weighted by Gasteiger charge is 2.23. The number of halogens is 1. The molecule has 0 unspecified atom stereocenters. The van der Waals surface area contributed by atoms with Gasteiger partial charge in [-0.1, -0.05) is 17.7 Å². The Kier molecular flexibility index (Phi) is 5.62. The van der Waals surface area contributed by atoms with Crippen molar-refractivity contribution in [3.05, 3.63) is 71.5 Å². The van der Waals surface area contributed by atoms with Gasteiger partial charge >= 0.3 is 0 Å². The van der Waals surface area contributed by atoms with Gasteiger partial charge in [0.15, 0.2) is 0 Å². The number of anilines is 1. The van der Waals surface area contributed by atoms with Crippen molar-refractivity contribution in [2.45, 2.75) is 0 Å². The van der Waals surface area contributed by atoms with Crippen molar-refractivity contribution >= 4 is 23.3 Å². The second-order valence-electron chi connectivity index (χ2n) is 6.78. The molecule has 1 aliphatic rings. The van der Waals surface area contributed by atoms with Crippen molar-refractivity contribution in [2.24, 2.45) is 0 Å². The minimum atomic E-state index is 0.00811. The zero-order valence-electron chi connectivity index (χ0n) is 16.1. The van der Waals surface area contributed by atoms with E-state index >= 15 is 0 Å². The van der Waals surface area contributed by atoms with Crippen molar-refractivity contribution in [1.82, 2.24) is 14.9 Å². The predicted molar refractivity (Wildman–Crippen MR) is 114 cm³/mol. The lowest BCUT2D eigenvalue weighted by atomic mass is 10.1. The summed E-state index contributed by atoms with van der Waals surface area (Å²) < 4.78 is 5.21. The second-order valence-corrected chi connectivity index (χ2v) is 7.22. The molecule has 2 heterocycles. The van der Waals surface area contributed by atoms with E-state index in [0.717, 1.165) is 22.8 Å². The highest BCUT2D eigenvalue weighted by Crippen LogP contribution is 2.24. The first-order chi connectivity index (χ1) is 14.1. The molecule has 2 aromatic carbocycles. The molecule has 0 radical (unpaired) electrons. The van der Waals surface area contributed by atoms with Crippen LogP contribution in [0.15, 0.2) is 60.9 Å². The summed E-state index contributed by atoms with van der Waals surface area (Å²) >= 11 is 6.01. The number of carbonyl (C=O) groups excluding carboxylic acids is 1.